The third-order valence-electron chi connectivity index (χ3n) is 6.49. The molecule has 0 bridgehead atoms. The van der Waals surface area contributed by atoms with E-state index in [9.17, 15) is 0 Å². The average molecular weight is 422 g/mol. The molecule has 3 aliphatic rings. The lowest BCUT2D eigenvalue weighted by molar-refractivity contribution is -0.0775. The molecule has 1 saturated heterocycles. The highest BCUT2D eigenvalue weighted by molar-refractivity contribution is 9.09. The topological polar surface area (TPSA) is 9.23 Å². The summed E-state index contributed by atoms with van der Waals surface area (Å²) in [7, 11) is 0. The first-order valence-electron chi connectivity index (χ1n) is 9.02. The fraction of sp³-hybridized carbons (Fsp3) is 1.00. The molecule has 1 heterocycles. The predicted octanol–water partition coefficient (Wildman–Crippen LogP) is 6.22. The van der Waals surface area contributed by atoms with Crippen LogP contribution in [0.4, 0.5) is 0 Å². The number of hydrogen-bond acceptors (Lipinski definition) is 1. The summed E-state index contributed by atoms with van der Waals surface area (Å²) in [6.45, 7) is 0. The Hall–Kier alpha value is 0.920. The van der Waals surface area contributed by atoms with Crippen molar-refractivity contribution in [3.8, 4) is 0 Å². The maximum atomic E-state index is 6.67. The first-order valence-corrected chi connectivity index (χ1v) is 11.3. The molecule has 3 heteroatoms. The zero-order chi connectivity index (χ0) is 14.8. The molecule has 1 aliphatic heterocycles. The number of ether oxygens (including phenoxy) is 1. The predicted molar refractivity (Wildman–Crippen MR) is 96.5 cm³/mol. The van der Waals surface area contributed by atoms with Crippen LogP contribution in [0.3, 0.4) is 0 Å². The Morgan fingerprint density at radius 3 is 2.14 bits per heavy atom. The number of halogens is 2. The zero-order valence-corrected chi connectivity index (χ0v) is 16.4. The smallest absolute Gasteiger partial charge is 0.0687 e. The minimum Gasteiger partial charge on any atom is -0.372 e. The van der Waals surface area contributed by atoms with Crippen LogP contribution in [0, 0.1) is 11.3 Å². The van der Waals surface area contributed by atoms with Crippen molar-refractivity contribution in [2.75, 3.05) is 10.7 Å². The van der Waals surface area contributed by atoms with Gasteiger partial charge in [-0.3, -0.25) is 0 Å². The summed E-state index contributed by atoms with van der Waals surface area (Å²) in [4.78, 5) is 0. The molecule has 1 unspecified atom stereocenters. The minimum absolute atomic E-state index is 0.281. The summed E-state index contributed by atoms with van der Waals surface area (Å²) in [6.07, 6.45) is 16.9. The summed E-state index contributed by atoms with van der Waals surface area (Å²) < 4.78 is 6.67. The van der Waals surface area contributed by atoms with Crippen molar-refractivity contribution < 1.29 is 4.74 Å². The molecule has 0 aromatic rings. The molecule has 21 heavy (non-hydrogen) atoms. The maximum absolute atomic E-state index is 6.67. The van der Waals surface area contributed by atoms with E-state index in [0.717, 1.165) is 16.6 Å². The number of rotatable bonds is 5. The Labute approximate surface area is 147 Å². The molecule has 2 saturated carbocycles. The maximum Gasteiger partial charge on any atom is 0.0687 e. The van der Waals surface area contributed by atoms with Gasteiger partial charge in [0.15, 0.2) is 0 Å². The van der Waals surface area contributed by atoms with E-state index in [-0.39, 0.29) is 5.60 Å². The fourth-order valence-corrected chi connectivity index (χ4v) is 7.43. The third-order valence-corrected chi connectivity index (χ3v) is 8.72. The molecule has 0 radical (unpaired) electrons. The van der Waals surface area contributed by atoms with Crippen LogP contribution in [-0.2, 0) is 4.74 Å². The van der Waals surface area contributed by atoms with Gasteiger partial charge in [0.05, 0.1) is 11.7 Å². The van der Waals surface area contributed by atoms with Gasteiger partial charge in [-0.25, -0.2) is 0 Å². The normalized spacial score (nSPS) is 30.3. The van der Waals surface area contributed by atoms with E-state index in [2.05, 4.69) is 31.9 Å². The van der Waals surface area contributed by atoms with Gasteiger partial charge in [0.2, 0.25) is 0 Å². The zero-order valence-electron chi connectivity index (χ0n) is 13.2. The van der Waals surface area contributed by atoms with Crippen molar-refractivity contribution in [2.45, 2.75) is 88.8 Å². The average Bonchev–Trinajstić information content (AvgIpc) is 3.17. The van der Waals surface area contributed by atoms with Crippen LogP contribution in [0.2, 0.25) is 0 Å². The lowest BCUT2D eigenvalue weighted by Crippen LogP contribution is -2.38. The first kappa shape index (κ1) is 16.8. The van der Waals surface area contributed by atoms with E-state index in [1.54, 1.807) is 0 Å². The van der Waals surface area contributed by atoms with Crippen molar-refractivity contribution in [3.63, 3.8) is 0 Å². The van der Waals surface area contributed by atoms with Gasteiger partial charge in [-0.05, 0) is 56.3 Å². The van der Waals surface area contributed by atoms with Crippen LogP contribution in [0.1, 0.15) is 77.0 Å². The molecule has 1 atom stereocenters. The molecular weight excluding hydrogens is 392 g/mol. The quantitative estimate of drug-likeness (QED) is 0.478. The Kier molecular flexibility index (Phi) is 5.76. The Bertz CT molecular complexity index is 328. The monoisotopic (exact) mass is 420 g/mol. The molecule has 0 aromatic carbocycles. The van der Waals surface area contributed by atoms with E-state index >= 15 is 0 Å². The van der Waals surface area contributed by atoms with Gasteiger partial charge in [0, 0.05) is 10.7 Å². The molecule has 3 rings (SSSR count). The van der Waals surface area contributed by atoms with Crippen molar-refractivity contribution in [1.82, 2.24) is 0 Å². The second kappa shape index (κ2) is 7.21. The lowest BCUT2D eigenvalue weighted by atomic mass is 9.73. The SMILES string of the molecule is BrCC(CBr)(CC1CCC2(CCCCC2)O1)C1CCCC1. The highest BCUT2D eigenvalue weighted by Crippen LogP contribution is 2.50. The van der Waals surface area contributed by atoms with Crippen LogP contribution >= 0.6 is 31.9 Å². The van der Waals surface area contributed by atoms with E-state index in [0.29, 0.717) is 11.5 Å². The van der Waals surface area contributed by atoms with Crippen molar-refractivity contribution in [2.24, 2.45) is 11.3 Å². The van der Waals surface area contributed by atoms with Crippen LogP contribution in [0.5, 0.6) is 0 Å². The van der Waals surface area contributed by atoms with Gasteiger partial charge in [0.1, 0.15) is 0 Å². The molecule has 2 aliphatic carbocycles. The summed E-state index contributed by atoms with van der Waals surface area (Å²) in [5.74, 6) is 0.891. The number of hydrogen-bond donors (Lipinski definition) is 0. The molecule has 3 fully saturated rings. The van der Waals surface area contributed by atoms with E-state index in [1.165, 1.54) is 77.0 Å². The second-order valence-electron chi connectivity index (χ2n) is 7.84. The van der Waals surface area contributed by atoms with Gasteiger partial charge >= 0.3 is 0 Å². The fourth-order valence-electron chi connectivity index (χ4n) is 5.12. The second-order valence-corrected chi connectivity index (χ2v) is 8.96. The van der Waals surface area contributed by atoms with Crippen molar-refractivity contribution >= 4 is 31.9 Å². The Balaban J connectivity index is 1.63. The molecule has 0 amide bonds. The Morgan fingerprint density at radius 1 is 0.857 bits per heavy atom. The van der Waals surface area contributed by atoms with Gasteiger partial charge in [0.25, 0.3) is 0 Å². The largest absolute Gasteiger partial charge is 0.372 e. The van der Waals surface area contributed by atoms with Gasteiger partial charge in [-0.15, -0.1) is 0 Å². The number of alkyl halides is 2. The molecule has 1 spiro atoms. The van der Waals surface area contributed by atoms with E-state index < -0.39 is 0 Å². The molecule has 1 nitrogen and oxygen atoms in total. The summed E-state index contributed by atoms with van der Waals surface area (Å²) in [5, 5.41) is 2.26. The summed E-state index contributed by atoms with van der Waals surface area (Å²) in [6, 6.07) is 0. The summed E-state index contributed by atoms with van der Waals surface area (Å²) in [5.41, 5.74) is 0.699. The van der Waals surface area contributed by atoms with Gasteiger partial charge in [-0.2, -0.15) is 0 Å². The van der Waals surface area contributed by atoms with Crippen molar-refractivity contribution in [3.05, 3.63) is 0 Å². The molecular formula is C18H30Br2O. The van der Waals surface area contributed by atoms with Crippen LogP contribution in [0.15, 0.2) is 0 Å². The van der Waals surface area contributed by atoms with Crippen LogP contribution < -0.4 is 0 Å². The van der Waals surface area contributed by atoms with Crippen LogP contribution in [0.25, 0.3) is 0 Å². The molecule has 0 N–H and O–H groups in total. The first-order chi connectivity index (χ1) is 10.2. The van der Waals surface area contributed by atoms with Gasteiger partial charge in [-0.1, -0.05) is 64.0 Å². The minimum atomic E-state index is 0.281. The highest BCUT2D eigenvalue weighted by atomic mass is 79.9. The molecule has 122 valence electrons. The van der Waals surface area contributed by atoms with Gasteiger partial charge < -0.3 is 4.74 Å². The standard InChI is InChI=1S/C18H30Br2O/c19-13-17(14-20,15-6-2-3-7-15)12-16-8-11-18(21-16)9-4-1-5-10-18/h15-16H,1-14H2. The van der Waals surface area contributed by atoms with E-state index in [4.69, 9.17) is 4.74 Å². The summed E-state index contributed by atoms with van der Waals surface area (Å²) >= 11 is 7.71. The Morgan fingerprint density at radius 2 is 1.52 bits per heavy atom. The lowest BCUT2D eigenvalue weighted by Gasteiger charge is -2.39. The highest BCUT2D eigenvalue weighted by Gasteiger charge is 2.46. The molecule has 0 aromatic heterocycles. The van der Waals surface area contributed by atoms with Crippen molar-refractivity contribution in [1.29, 1.82) is 0 Å². The van der Waals surface area contributed by atoms with Crippen LogP contribution in [-0.4, -0.2) is 22.4 Å². The third kappa shape index (κ3) is 3.55. The van der Waals surface area contributed by atoms with E-state index in [1.807, 2.05) is 0 Å².